The molecule has 7 heteroatoms. The monoisotopic (exact) mass is 452 g/mol. The Hall–Kier alpha value is -2.70. The Bertz CT molecular complexity index is 1030. The van der Waals surface area contributed by atoms with Gasteiger partial charge in [-0.3, -0.25) is 4.79 Å². The fourth-order valence-corrected chi connectivity index (χ4v) is 4.72. The molecule has 0 bridgehead atoms. The lowest BCUT2D eigenvalue weighted by Crippen LogP contribution is -2.49. The van der Waals surface area contributed by atoms with Crippen molar-refractivity contribution in [3.8, 4) is 11.3 Å². The van der Waals surface area contributed by atoms with Crippen molar-refractivity contribution >= 4 is 35.0 Å². The molecule has 1 aliphatic rings. The minimum Gasteiger partial charge on any atom is -0.368 e. The number of aromatic nitrogens is 2. The van der Waals surface area contributed by atoms with Gasteiger partial charge in [-0.05, 0) is 29.8 Å². The van der Waals surface area contributed by atoms with E-state index in [2.05, 4.69) is 33.2 Å². The number of amides is 1. The van der Waals surface area contributed by atoms with Gasteiger partial charge < -0.3 is 14.4 Å². The molecule has 4 rings (SSSR count). The zero-order chi connectivity index (χ0) is 21.6. The smallest absolute Gasteiger partial charge is 0.233 e. The van der Waals surface area contributed by atoms with Crippen LogP contribution in [0.2, 0.25) is 5.02 Å². The average molecular weight is 453 g/mol. The van der Waals surface area contributed by atoms with Gasteiger partial charge in [-0.1, -0.05) is 59.8 Å². The number of nitrogens with zero attached hydrogens (tertiary/aromatic N) is 4. The van der Waals surface area contributed by atoms with Crippen LogP contribution in [0.1, 0.15) is 0 Å². The number of halogens is 1. The molecule has 0 radical (unpaired) electrons. The number of benzene rings is 2. The number of rotatable bonds is 7. The summed E-state index contributed by atoms with van der Waals surface area (Å²) in [6.45, 7) is 7.69. The number of imidazole rings is 1. The highest BCUT2D eigenvalue weighted by Crippen LogP contribution is 2.27. The maximum absolute atomic E-state index is 12.8. The van der Waals surface area contributed by atoms with Gasteiger partial charge in [-0.25, -0.2) is 4.98 Å². The quantitative estimate of drug-likeness (QED) is 0.380. The van der Waals surface area contributed by atoms with Gasteiger partial charge in [0.2, 0.25) is 5.91 Å². The highest BCUT2D eigenvalue weighted by molar-refractivity contribution is 7.99. The first-order chi connectivity index (χ1) is 15.2. The summed E-state index contributed by atoms with van der Waals surface area (Å²) in [4.78, 5) is 21.7. The Balaban J connectivity index is 1.37. The fraction of sp³-hybridized carbons (Fsp3) is 0.250. The second kappa shape index (κ2) is 10.1. The molecule has 0 N–H and O–H groups in total. The molecule has 0 aliphatic carbocycles. The normalized spacial score (nSPS) is 14.0. The molecule has 1 saturated heterocycles. The van der Waals surface area contributed by atoms with E-state index in [1.54, 1.807) is 0 Å². The number of anilines is 1. The summed E-state index contributed by atoms with van der Waals surface area (Å²) in [6, 6.07) is 18.0. The fourth-order valence-electron chi connectivity index (χ4n) is 3.70. The summed E-state index contributed by atoms with van der Waals surface area (Å²) in [5.41, 5.74) is 3.24. The summed E-state index contributed by atoms with van der Waals surface area (Å²) in [5, 5.41) is 1.52. The number of carbonyl (C=O) groups excluding carboxylic acids is 1. The Morgan fingerprint density at radius 3 is 2.45 bits per heavy atom. The Morgan fingerprint density at radius 1 is 1.06 bits per heavy atom. The molecule has 3 aromatic rings. The topological polar surface area (TPSA) is 41.4 Å². The second-order valence-electron chi connectivity index (χ2n) is 7.32. The van der Waals surface area contributed by atoms with Crippen LogP contribution in [-0.2, 0) is 11.3 Å². The second-order valence-corrected chi connectivity index (χ2v) is 8.70. The minimum absolute atomic E-state index is 0.152. The number of para-hydroxylation sites is 1. The van der Waals surface area contributed by atoms with Gasteiger partial charge in [0, 0.05) is 43.4 Å². The van der Waals surface area contributed by atoms with Crippen LogP contribution >= 0.6 is 23.4 Å². The van der Waals surface area contributed by atoms with Crippen molar-refractivity contribution in [2.24, 2.45) is 0 Å². The predicted molar refractivity (Wildman–Crippen MR) is 129 cm³/mol. The van der Waals surface area contributed by atoms with Crippen molar-refractivity contribution in [1.82, 2.24) is 14.5 Å². The standard InChI is InChI=1S/C24H25ClN4OS/c1-2-12-29-22(19-8-10-20(25)11-9-19)17-26-24(29)31-18-23(30)28-15-13-27(14-16-28)21-6-4-3-5-7-21/h2-11,17H,1,12-16,18H2. The van der Waals surface area contributed by atoms with E-state index in [0.717, 1.165) is 42.6 Å². The van der Waals surface area contributed by atoms with Crippen LogP contribution < -0.4 is 4.90 Å². The van der Waals surface area contributed by atoms with E-state index in [4.69, 9.17) is 11.6 Å². The first-order valence-corrected chi connectivity index (χ1v) is 11.6. The molecule has 0 atom stereocenters. The molecule has 5 nitrogen and oxygen atoms in total. The van der Waals surface area contributed by atoms with E-state index >= 15 is 0 Å². The summed E-state index contributed by atoms with van der Waals surface area (Å²) >= 11 is 7.50. The summed E-state index contributed by atoms with van der Waals surface area (Å²) in [7, 11) is 0. The van der Waals surface area contributed by atoms with Crippen molar-refractivity contribution in [1.29, 1.82) is 0 Å². The maximum Gasteiger partial charge on any atom is 0.233 e. The average Bonchev–Trinajstić information content (AvgIpc) is 3.21. The summed E-state index contributed by atoms with van der Waals surface area (Å²) in [6.07, 6.45) is 3.69. The highest BCUT2D eigenvalue weighted by Gasteiger charge is 2.22. The Morgan fingerprint density at radius 2 is 1.77 bits per heavy atom. The lowest BCUT2D eigenvalue weighted by Gasteiger charge is -2.36. The van der Waals surface area contributed by atoms with Gasteiger partial charge in [0.05, 0.1) is 17.6 Å². The van der Waals surface area contributed by atoms with E-state index in [1.807, 2.05) is 59.6 Å². The van der Waals surface area contributed by atoms with Gasteiger partial charge in [-0.15, -0.1) is 6.58 Å². The van der Waals surface area contributed by atoms with Crippen LogP contribution in [0.15, 0.2) is 78.6 Å². The zero-order valence-corrected chi connectivity index (χ0v) is 18.9. The minimum atomic E-state index is 0.152. The third kappa shape index (κ3) is 5.14. The molecule has 1 amide bonds. The van der Waals surface area contributed by atoms with Crippen molar-refractivity contribution < 1.29 is 4.79 Å². The maximum atomic E-state index is 12.8. The van der Waals surface area contributed by atoms with Crippen LogP contribution in [0.3, 0.4) is 0 Å². The van der Waals surface area contributed by atoms with Gasteiger partial charge in [-0.2, -0.15) is 0 Å². The zero-order valence-electron chi connectivity index (χ0n) is 17.3. The van der Waals surface area contributed by atoms with E-state index < -0.39 is 0 Å². The van der Waals surface area contributed by atoms with E-state index in [0.29, 0.717) is 17.3 Å². The summed E-state index contributed by atoms with van der Waals surface area (Å²) in [5.74, 6) is 0.526. The number of piperazine rings is 1. The first-order valence-electron chi connectivity index (χ1n) is 10.3. The number of hydrogen-bond donors (Lipinski definition) is 0. The van der Waals surface area contributed by atoms with E-state index in [1.165, 1.54) is 17.4 Å². The Kier molecular flexibility index (Phi) is 6.99. The van der Waals surface area contributed by atoms with Gasteiger partial charge in [0.25, 0.3) is 0 Å². The van der Waals surface area contributed by atoms with Crippen LogP contribution in [0.4, 0.5) is 5.69 Å². The van der Waals surface area contributed by atoms with Crippen LogP contribution in [0.5, 0.6) is 0 Å². The number of hydrogen-bond acceptors (Lipinski definition) is 4. The number of carbonyl (C=O) groups is 1. The summed E-state index contributed by atoms with van der Waals surface area (Å²) < 4.78 is 2.08. The van der Waals surface area contributed by atoms with Crippen molar-refractivity contribution in [2.45, 2.75) is 11.7 Å². The SMILES string of the molecule is C=CCn1c(-c2ccc(Cl)cc2)cnc1SCC(=O)N1CCN(c2ccccc2)CC1. The lowest BCUT2D eigenvalue weighted by molar-refractivity contribution is -0.128. The van der Waals surface area contributed by atoms with Crippen molar-refractivity contribution in [3.05, 3.63) is 78.5 Å². The molecule has 1 aromatic heterocycles. The first kappa shape index (κ1) is 21.5. The van der Waals surface area contributed by atoms with Crippen LogP contribution in [-0.4, -0.2) is 52.3 Å². The largest absolute Gasteiger partial charge is 0.368 e. The molecular formula is C24H25ClN4OS. The number of thioether (sulfide) groups is 1. The molecule has 31 heavy (non-hydrogen) atoms. The molecular weight excluding hydrogens is 428 g/mol. The predicted octanol–water partition coefficient (Wildman–Crippen LogP) is 4.83. The molecule has 0 unspecified atom stereocenters. The third-order valence-electron chi connectivity index (χ3n) is 5.35. The Labute approximate surface area is 192 Å². The molecule has 2 heterocycles. The van der Waals surface area contributed by atoms with Gasteiger partial charge in [0.1, 0.15) is 0 Å². The molecule has 1 fully saturated rings. The van der Waals surface area contributed by atoms with Gasteiger partial charge >= 0.3 is 0 Å². The molecule has 160 valence electrons. The van der Waals surface area contributed by atoms with Crippen molar-refractivity contribution in [3.63, 3.8) is 0 Å². The van der Waals surface area contributed by atoms with Gasteiger partial charge in [0.15, 0.2) is 5.16 Å². The molecule has 2 aromatic carbocycles. The lowest BCUT2D eigenvalue weighted by atomic mass is 10.2. The third-order valence-corrected chi connectivity index (χ3v) is 6.58. The van der Waals surface area contributed by atoms with Crippen LogP contribution in [0.25, 0.3) is 11.3 Å². The molecule has 0 saturated carbocycles. The van der Waals surface area contributed by atoms with E-state index in [9.17, 15) is 4.79 Å². The van der Waals surface area contributed by atoms with E-state index in [-0.39, 0.29) is 5.91 Å². The molecule has 1 aliphatic heterocycles. The molecule has 0 spiro atoms. The van der Waals surface area contributed by atoms with Crippen molar-refractivity contribution in [2.75, 3.05) is 36.8 Å². The number of allylic oxidation sites excluding steroid dienone is 1. The highest BCUT2D eigenvalue weighted by atomic mass is 35.5. The van der Waals surface area contributed by atoms with Crippen LogP contribution in [0, 0.1) is 0 Å².